The Hall–Kier alpha value is -3.62. The van der Waals surface area contributed by atoms with E-state index in [0.717, 1.165) is 5.39 Å². The number of carbonyl (C=O) groups is 2. The normalized spacial score (nSPS) is 16.1. The number of benzene rings is 2. The van der Waals surface area contributed by atoms with E-state index in [1.54, 1.807) is 22.5 Å². The third-order valence-electron chi connectivity index (χ3n) is 5.34. The largest absolute Gasteiger partial charge is 0.368 e. The van der Waals surface area contributed by atoms with E-state index in [2.05, 4.69) is 10.3 Å². The second-order valence-electron chi connectivity index (χ2n) is 7.38. The number of morpholine rings is 1. The third-order valence-corrected chi connectivity index (χ3v) is 6.03. The van der Waals surface area contributed by atoms with Crippen LogP contribution in [0.15, 0.2) is 72.2 Å². The number of ether oxygens (including phenoxy) is 1. The van der Waals surface area contributed by atoms with Crippen molar-refractivity contribution in [1.82, 2.24) is 14.9 Å². The number of fused-ring (bicyclic) bond motifs is 1. The number of carbonyl (C=O) groups excluding carboxylic acids is 2. The van der Waals surface area contributed by atoms with Crippen LogP contribution in [0.1, 0.15) is 32.5 Å². The molecule has 7 nitrogen and oxygen atoms in total. The van der Waals surface area contributed by atoms with Gasteiger partial charge in [-0.15, -0.1) is 11.3 Å². The van der Waals surface area contributed by atoms with Crippen molar-refractivity contribution < 1.29 is 14.3 Å². The summed E-state index contributed by atoms with van der Waals surface area (Å²) in [5, 5.41) is 5.93. The highest BCUT2D eigenvalue weighted by Crippen LogP contribution is 2.27. The molecular weight excluding hydrogens is 424 g/mol. The summed E-state index contributed by atoms with van der Waals surface area (Å²) in [6, 6.07) is 18.5. The van der Waals surface area contributed by atoms with Crippen LogP contribution in [0.3, 0.4) is 0 Å². The number of pyridine rings is 1. The SMILES string of the molecule is O=C(Nc1nccs1)c1cc([C@@H]2CN(C(=O)c3ccccc3)CCO2)nc2ccccc12. The predicted molar refractivity (Wildman–Crippen MR) is 123 cm³/mol. The maximum atomic E-state index is 13.0. The lowest BCUT2D eigenvalue weighted by atomic mass is 10.0. The van der Waals surface area contributed by atoms with Crippen molar-refractivity contribution in [1.29, 1.82) is 0 Å². The smallest absolute Gasteiger partial charge is 0.258 e. The highest BCUT2D eigenvalue weighted by Gasteiger charge is 2.28. The molecule has 2 amide bonds. The zero-order chi connectivity index (χ0) is 21.9. The Kier molecular flexibility index (Phi) is 5.62. The Bertz CT molecular complexity index is 1260. The van der Waals surface area contributed by atoms with Gasteiger partial charge in [0, 0.05) is 29.1 Å². The molecule has 0 aliphatic carbocycles. The fraction of sp³-hybridized carbons (Fsp3) is 0.167. The van der Waals surface area contributed by atoms with Crippen molar-refractivity contribution in [3.8, 4) is 0 Å². The number of rotatable bonds is 4. The molecule has 0 radical (unpaired) electrons. The molecule has 4 aromatic rings. The second-order valence-corrected chi connectivity index (χ2v) is 8.27. The first kappa shape index (κ1) is 20.3. The topological polar surface area (TPSA) is 84.4 Å². The summed E-state index contributed by atoms with van der Waals surface area (Å²) < 4.78 is 5.97. The van der Waals surface area contributed by atoms with Crippen molar-refractivity contribution in [2.75, 3.05) is 25.0 Å². The maximum Gasteiger partial charge on any atom is 0.258 e. The molecule has 2 aromatic carbocycles. The van der Waals surface area contributed by atoms with E-state index >= 15 is 0 Å². The van der Waals surface area contributed by atoms with Crippen LogP contribution < -0.4 is 5.32 Å². The highest BCUT2D eigenvalue weighted by molar-refractivity contribution is 7.13. The van der Waals surface area contributed by atoms with Crippen molar-refractivity contribution in [2.24, 2.45) is 0 Å². The van der Waals surface area contributed by atoms with Gasteiger partial charge in [-0.2, -0.15) is 0 Å². The van der Waals surface area contributed by atoms with Gasteiger partial charge < -0.3 is 9.64 Å². The minimum absolute atomic E-state index is 0.0403. The Balaban J connectivity index is 1.46. The predicted octanol–water partition coefficient (Wildman–Crippen LogP) is 4.16. The molecule has 5 rings (SSSR count). The molecule has 1 N–H and O–H groups in total. The molecular formula is C24H20N4O3S. The van der Waals surface area contributed by atoms with Crippen molar-refractivity contribution in [3.05, 3.63) is 89.1 Å². The van der Waals surface area contributed by atoms with Gasteiger partial charge in [0.15, 0.2) is 5.13 Å². The van der Waals surface area contributed by atoms with E-state index in [0.29, 0.717) is 47.2 Å². The molecule has 0 bridgehead atoms. The number of hydrogen-bond donors (Lipinski definition) is 1. The zero-order valence-corrected chi connectivity index (χ0v) is 17.9. The van der Waals surface area contributed by atoms with Crippen LogP contribution in [0, 0.1) is 0 Å². The van der Waals surface area contributed by atoms with Gasteiger partial charge >= 0.3 is 0 Å². The molecule has 8 heteroatoms. The number of anilines is 1. The molecule has 1 aliphatic heterocycles. The van der Waals surface area contributed by atoms with Gasteiger partial charge in [-0.3, -0.25) is 14.9 Å². The van der Waals surface area contributed by atoms with Crippen molar-refractivity contribution in [3.63, 3.8) is 0 Å². The van der Waals surface area contributed by atoms with E-state index in [1.807, 2.05) is 54.6 Å². The summed E-state index contributed by atoms with van der Waals surface area (Å²) in [5.74, 6) is -0.297. The summed E-state index contributed by atoms with van der Waals surface area (Å²) in [5.41, 5.74) is 2.46. The first-order valence-electron chi connectivity index (χ1n) is 10.3. The number of nitrogens with one attached hydrogen (secondary N) is 1. The Morgan fingerprint density at radius 1 is 1.09 bits per heavy atom. The lowest BCUT2D eigenvalue weighted by Crippen LogP contribution is -2.42. The lowest BCUT2D eigenvalue weighted by molar-refractivity contribution is -0.0246. The minimum atomic E-state index is -0.424. The Labute approximate surface area is 188 Å². The number of nitrogens with zero attached hydrogens (tertiary/aromatic N) is 3. The van der Waals surface area contributed by atoms with Gasteiger partial charge in [-0.25, -0.2) is 9.97 Å². The average Bonchev–Trinajstić information content (AvgIpc) is 3.36. The molecule has 1 aliphatic rings. The van der Waals surface area contributed by atoms with Gasteiger partial charge in [0.25, 0.3) is 11.8 Å². The first-order chi connectivity index (χ1) is 15.7. The van der Waals surface area contributed by atoms with E-state index in [4.69, 9.17) is 9.72 Å². The molecule has 160 valence electrons. The molecule has 0 spiro atoms. The third kappa shape index (κ3) is 4.10. The molecule has 32 heavy (non-hydrogen) atoms. The second kappa shape index (κ2) is 8.86. The van der Waals surface area contributed by atoms with Crippen LogP contribution in [0.2, 0.25) is 0 Å². The lowest BCUT2D eigenvalue weighted by Gasteiger charge is -2.33. The highest BCUT2D eigenvalue weighted by atomic mass is 32.1. The van der Waals surface area contributed by atoms with Crippen molar-refractivity contribution in [2.45, 2.75) is 6.10 Å². The maximum absolute atomic E-state index is 13.0. The molecule has 3 heterocycles. The molecule has 1 saturated heterocycles. The molecule has 1 fully saturated rings. The summed E-state index contributed by atoms with van der Waals surface area (Å²) >= 11 is 1.36. The fourth-order valence-electron chi connectivity index (χ4n) is 3.77. The Morgan fingerprint density at radius 3 is 2.72 bits per heavy atom. The van der Waals surface area contributed by atoms with Gasteiger partial charge in [-0.05, 0) is 24.3 Å². The number of amides is 2. The van der Waals surface area contributed by atoms with Crippen LogP contribution in [0.5, 0.6) is 0 Å². The number of thiazole rings is 1. The monoisotopic (exact) mass is 444 g/mol. The zero-order valence-electron chi connectivity index (χ0n) is 17.1. The fourth-order valence-corrected chi connectivity index (χ4v) is 4.30. The standard InChI is InChI=1S/C24H20N4O3S/c29-22(27-24-25-10-13-32-24)18-14-20(26-19-9-5-4-8-17(18)19)21-15-28(11-12-31-21)23(30)16-6-2-1-3-7-16/h1-10,13-14,21H,11-12,15H2,(H,25,27,29)/t21-/m0/s1. The van der Waals surface area contributed by atoms with Crippen molar-refractivity contribution >= 4 is 39.2 Å². The van der Waals surface area contributed by atoms with E-state index in [9.17, 15) is 9.59 Å². The summed E-state index contributed by atoms with van der Waals surface area (Å²) in [4.78, 5) is 36.6. The van der Waals surface area contributed by atoms with Gasteiger partial charge in [0.05, 0.1) is 29.9 Å². The summed E-state index contributed by atoms with van der Waals surface area (Å²) in [7, 11) is 0. The number of para-hydroxylation sites is 1. The van der Waals surface area contributed by atoms with Crippen LogP contribution in [-0.4, -0.2) is 46.4 Å². The summed E-state index contributed by atoms with van der Waals surface area (Å²) in [6.07, 6.45) is 1.22. The number of aromatic nitrogens is 2. The van der Waals surface area contributed by atoms with Gasteiger partial charge in [0.2, 0.25) is 0 Å². The van der Waals surface area contributed by atoms with Crippen LogP contribution in [0.25, 0.3) is 10.9 Å². The van der Waals surface area contributed by atoms with Crippen LogP contribution in [0.4, 0.5) is 5.13 Å². The molecule has 2 aromatic heterocycles. The average molecular weight is 445 g/mol. The molecule has 1 atom stereocenters. The number of hydrogen-bond acceptors (Lipinski definition) is 6. The summed E-state index contributed by atoms with van der Waals surface area (Å²) in [6.45, 7) is 1.28. The molecule has 0 saturated carbocycles. The quantitative estimate of drug-likeness (QED) is 0.511. The van der Waals surface area contributed by atoms with E-state index < -0.39 is 6.10 Å². The van der Waals surface area contributed by atoms with Gasteiger partial charge in [-0.1, -0.05) is 36.4 Å². The van der Waals surface area contributed by atoms with Gasteiger partial charge in [0.1, 0.15) is 6.10 Å². The van der Waals surface area contributed by atoms with Crippen LogP contribution >= 0.6 is 11.3 Å². The van der Waals surface area contributed by atoms with E-state index in [-0.39, 0.29) is 11.8 Å². The van der Waals surface area contributed by atoms with E-state index in [1.165, 1.54) is 11.3 Å². The minimum Gasteiger partial charge on any atom is -0.368 e. The molecule has 0 unspecified atom stereocenters. The first-order valence-corrected chi connectivity index (χ1v) is 11.1. The Morgan fingerprint density at radius 2 is 1.91 bits per heavy atom. The van der Waals surface area contributed by atoms with Crippen LogP contribution in [-0.2, 0) is 4.74 Å².